The molecular formula is C6H7NO. The molecule has 1 saturated heterocycles. The molecule has 0 N–H and O–H groups in total. The van der Waals surface area contributed by atoms with Crippen LogP contribution < -0.4 is 0 Å². The minimum atomic E-state index is 0.660. The molecule has 0 unspecified atom stereocenters. The van der Waals surface area contributed by atoms with Crippen LogP contribution in [-0.2, 0) is 4.74 Å². The van der Waals surface area contributed by atoms with Gasteiger partial charge >= 0.3 is 0 Å². The Morgan fingerprint density at radius 3 is 3.12 bits per heavy atom. The van der Waals surface area contributed by atoms with Crippen molar-refractivity contribution in [1.29, 1.82) is 5.26 Å². The highest BCUT2D eigenvalue weighted by molar-refractivity contribution is 5.15. The summed E-state index contributed by atoms with van der Waals surface area (Å²) >= 11 is 0. The van der Waals surface area contributed by atoms with E-state index in [1.165, 1.54) is 0 Å². The fraction of sp³-hybridized carbons (Fsp3) is 0.500. The monoisotopic (exact) mass is 109 g/mol. The van der Waals surface area contributed by atoms with E-state index >= 15 is 0 Å². The SMILES string of the molecule is N#CC=C1CCOC1. The lowest BCUT2D eigenvalue weighted by atomic mass is 10.2. The number of nitriles is 1. The van der Waals surface area contributed by atoms with E-state index in [0.29, 0.717) is 6.61 Å². The van der Waals surface area contributed by atoms with Gasteiger partial charge < -0.3 is 4.74 Å². The minimum Gasteiger partial charge on any atom is -0.377 e. The third-order valence-corrected chi connectivity index (χ3v) is 1.12. The topological polar surface area (TPSA) is 33.0 Å². The third-order valence-electron chi connectivity index (χ3n) is 1.12. The number of hydrogen-bond acceptors (Lipinski definition) is 2. The summed E-state index contributed by atoms with van der Waals surface area (Å²) < 4.78 is 4.99. The fourth-order valence-corrected chi connectivity index (χ4v) is 0.684. The zero-order valence-corrected chi connectivity index (χ0v) is 4.55. The number of nitrogens with zero attached hydrogens (tertiary/aromatic N) is 1. The van der Waals surface area contributed by atoms with Gasteiger partial charge in [0.25, 0.3) is 0 Å². The number of rotatable bonds is 0. The highest BCUT2D eigenvalue weighted by Crippen LogP contribution is 2.08. The van der Waals surface area contributed by atoms with E-state index < -0.39 is 0 Å². The van der Waals surface area contributed by atoms with E-state index in [4.69, 9.17) is 10.00 Å². The van der Waals surface area contributed by atoms with Crippen molar-refractivity contribution in [2.75, 3.05) is 13.2 Å². The molecule has 2 heteroatoms. The van der Waals surface area contributed by atoms with Gasteiger partial charge in [-0.15, -0.1) is 0 Å². The van der Waals surface area contributed by atoms with E-state index in [-0.39, 0.29) is 0 Å². The molecule has 0 saturated carbocycles. The zero-order chi connectivity index (χ0) is 5.82. The molecule has 1 aliphatic rings. The first kappa shape index (κ1) is 5.33. The van der Waals surface area contributed by atoms with Gasteiger partial charge in [-0.3, -0.25) is 0 Å². The van der Waals surface area contributed by atoms with Crippen LogP contribution in [0.15, 0.2) is 11.6 Å². The van der Waals surface area contributed by atoms with Crippen molar-refractivity contribution < 1.29 is 4.74 Å². The maximum absolute atomic E-state index is 8.14. The summed E-state index contributed by atoms with van der Waals surface area (Å²) in [6.45, 7) is 1.45. The summed E-state index contributed by atoms with van der Waals surface area (Å²) in [5.74, 6) is 0. The van der Waals surface area contributed by atoms with Crippen LogP contribution in [0.3, 0.4) is 0 Å². The lowest BCUT2D eigenvalue weighted by Gasteiger charge is -1.82. The van der Waals surface area contributed by atoms with Gasteiger partial charge in [-0.1, -0.05) is 0 Å². The molecule has 0 aromatic heterocycles. The maximum Gasteiger partial charge on any atom is 0.0912 e. The molecule has 1 heterocycles. The summed E-state index contributed by atoms with van der Waals surface area (Å²) in [4.78, 5) is 0. The van der Waals surface area contributed by atoms with Crippen LogP contribution in [-0.4, -0.2) is 13.2 Å². The highest BCUT2D eigenvalue weighted by atomic mass is 16.5. The van der Waals surface area contributed by atoms with E-state index in [2.05, 4.69) is 0 Å². The minimum absolute atomic E-state index is 0.660. The summed E-state index contributed by atoms with van der Waals surface area (Å²) in [6, 6.07) is 1.97. The molecule has 0 amide bonds. The van der Waals surface area contributed by atoms with Crippen LogP contribution >= 0.6 is 0 Å². The van der Waals surface area contributed by atoms with Gasteiger partial charge in [0.2, 0.25) is 0 Å². The molecule has 0 bridgehead atoms. The Morgan fingerprint density at radius 1 is 1.75 bits per heavy atom. The Kier molecular flexibility index (Phi) is 1.66. The maximum atomic E-state index is 8.14. The summed E-state index contributed by atoms with van der Waals surface area (Å²) in [5, 5.41) is 8.14. The number of allylic oxidation sites excluding steroid dienone is 1. The Labute approximate surface area is 48.4 Å². The molecule has 0 radical (unpaired) electrons. The van der Waals surface area contributed by atoms with Gasteiger partial charge in [0.15, 0.2) is 0 Å². The Balaban J connectivity index is 2.48. The molecule has 0 aromatic carbocycles. The number of hydrogen-bond donors (Lipinski definition) is 0. The largest absolute Gasteiger partial charge is 0.377 e. The molecular weight excluding hydrogens is 102 g/mol. The summed E-state index contributed by atoms with van der Waals surface area (Å²) in [5.41, 5.74) is 1.12. The molecule has 0 spiro atoms. The third kappa shape index (κ3) is 1.08. The predicted molar refractivity (Wildman–Crippen MR) is 29.1 cm³/mol. The van der Waals surface area contributed by atoms with Crippen molar-refractivity contribution in [2.24, 2.45) is 0 Å². The van der Waals surface area contributed by atoms with Crippen molar-refractivity contribution in [3.8, 4) is 6.07 Å². The fourth-order valence-electron chi connectivity index (χ4n) is 0.684. The van der Waals surface area contributed by atoms with Crippen LogP contribution in [0.4, 0.5) is 0 Å². The molecule has 8 heavy (non-hydrogen) atoms. The van der Waals surface area contributed by atoms with Crippen LogP contribution in [0.1, 0.15) is 6.42 Å². The Bertz CT molecular complexity index is 135. The molecule has 0 aromatic rings. The second kappa shape index (κ2) is 2.49. The van der Waals surface area contributed by atoms with E-state index in [9.17, 15) is 0 Å². The molecule has 1 fully saturated rings. The van der Waals surface area contributed by atoms with Gasteiger partial charge in [-0.25, -0.2) is 0 Å². The molecule has 2 nitrogen and oxygen atoms in total. The van der Waals surface area contributed by atoms with E-state index in [0.717, 1.165) is 18.6 Å². The summed E-state index contributed by atoms with van der Waals surface area (Å²) in [7, 11) is 0. The lowest BCUT2D eigenvalue weighted by molar-refractivity contribution is 0.204. The van der Waals surface area contributed by atoms with Gasteiger partial charge in [-0.05, 0) is 12.0 Å². The molecule has 42 valence electrons. The number of ether oxygens (including phenoxy) is 1. The Morgan fingerprint density at radius 2 is 2.62 bits per heavy atom. The van der Waals surface area contributed by atoms with Crippen LogP contribution in [0.25, 0.3) is 0 Å². The average Bonchev–Trinajstić information content (AvgIpc) is 2.19. The first-order valence-corrected chi connectivity index (χ1v) is 2.59. The second-order valence-electron chi connectivity index (χ2n) is 1.73. The molecule has 1 aliphatic heterocycles. The van der Waals surface area contributed by atoms with E-state index in [1.807, 2.05) is 6.07 Å². The molecule has 0 atom stereocenters. The van der Waals surface area contributed by atoms with Crippen LogP contribution in [0.5, 0.6) is 0 Å². The average molecular weight is 109 g/mol. The highest BCUT2D eigenvalue weighted by Gasteiger charge is 2.04. The normalized spacial score (nSPS) is 23.6. The molecule has 0 aliphatic carbocycles. The summed E-state index contributed by atoms with van der Waals surface area (Å²) in [6.07, 6.45) is 2.50. The van der Waals surface area contributed by atoms with Crippen molar-refractivity contribution in [3.63, 3.8) is 0 Å². The lowest BCUT2D eigenvalue weighted by Crippen LogP contribution is -1.78. The zero-order valence-electron chi connectivity index (χ0n) is 4.55. The van der Waals surface area contributed by atoms with Gasteiger partial charge in [0, 0.05) is 6.08 Å². The van der Waals surface area contributed by atoms with Crippen molar-refractivity contribution in [2.45, 2.75) is 6.42 Å². The Hall–Kier alpha value is -0.810. The van der Waals surface area contributed by atoms with Crippen molar-refractivity contribution in [1.82, 2.24) is 0 Å². The first-order valence-electron chi connectivity index (χ1n) is 2.59. The predicted octanol–water partition coefficient (Wildman–Crippen LogP) is 0.857. The smallest absolute Gasteiger partial charge is 0.0912 e. The van der Waals surface area contributed by atoms with Gasteiger partial charge in [0.05, 0.1) is 19.3 Å². The van der Waals surface area contributed by atoms with E-state index in [1.54, 1.807) is 6.08 Å². The van der Waals surface area contributed by atoms with Crippen LogP contribution in [0, 0.1) is 11.3 Å². The second-order valence-corrected chi connectivity index (χ2v) is 1.73. The quantitative estimate of drug-likeness (QED) is 0.432. The standard InChI is InChI=1S/C6H7NO/c7-3-1-6-2-4-8-5-6/h1H,2,4-5H2. The van der Waals surface area contributed by atoms with Crippen molar-refractivity contribution in [3.05, 3.63) is 11.6 Å². The van der Waals surface area contributed by atoms with Gasteiger partial charge in [0.1, 0.15) is 0 Å². The van der Waals surface area contributed by atoms with Crippen LogP contribution in [0.2, 0.25) is 0 Å². The van der Waals surface area contributed by atoms with Gasteiger partial charge in [-0.2, -0.15) is 5.26 Å². The van der Waals surface area contributed by atoms with Crippen molar-refractivity contribution >= 4 is 0 Å². The first-order chi connectivity index (χ1) is 3.93. The molecule has 1 rings (SSSR count).